The fourth-order valence-corrected chi connectivity index (χ4v) is 3.41. The van der Waals surface area contributed by atoms with E-state index >= 15 is 0 Å². The van der Waals surface area contributed by atoms with Crippen molar-refractivity contribution in [1.29, 1.82) is 0 Å². The minimum atomic E-state index is -0.140. The number of hydrogen-bond donors (Lipinski definition) is 0. The fourth-order valence-electron chi connectivity index (χ4n) is 3.29. The van der Waals surface area contributed by atoms with Gasteiger partial charge in [-0.15, -0.1) is 0 Å². The molecule has 0 aliphatic carbocycles. The Labute approximate surface area is 157 Å². The Hall–Kier alpha value is -1.30. The molecule has 140 valence electrons. The first-order valence-corrected chi connectivity index (χ1v) is 9.10. The predicted octanol–water partition coefficient (Wildman–Crippen LogP) is 2.97. The molecular formula is C19H31ClN4O. The van der Waals surface area contributed by atoms with Crippen molar-refractivity contribution < 1.29 is 4.74 Å². The van der Waals surface area contributed by atoms with Gasteiger partial charge in [0.25, 0.3) is 0 Å². The predicted molar refractivity (Wildman–Crippen MR) is 105 cm³/mol. The number of rotatable bonds is 4. The normalized spacial score (nSPS) is 18.5. The average Bonchev–Trinajstić information content (AvgIpc) is 2.51. The Morgan fingerprint density at radius 3 is 2.32 bits per heavy atom. The molecule has 1 aliphatic rings. The molecule has 0 spiro atoms. The SMILES string of the molecule is CN(C)C(=NCC(c1ccc(Cl)cc1)N1CCOC(C)(C)C1)N(C)C. The second-order valence-electron chi connectivity index (χ2n) is 7.58. The second kappa shape index (κ2) is 8.39. The summed E-state index contributed by atoms with van der Waals surface area (Å²) in [6.45, 7) is 7.53. The average molecular weight is 367 g/mol. The van der Waals surface area contributed by atoms with E-state index in [1.807, 2.05) is 50.1 Å². The molecule has 1 aliphatic heterocycles. The summed E-state index contributed by atoms with van der Waals surface area (Å²) < 4.78 is 5.89. The molecule has 5 nitrogen and oxygen atoms in total. The maximum absolute atomic E-state index is 6.08. The molecule has 2 rings (SSSR count). The van der Waals surface area contributed by atoms with Crippen LogP contribution in [0.4, 0.5) is 0 Å². The smallest absolute Gasteiger partial charge is 0.195 e. The van der Waals surface area contributed by atoms with Gasteiger partial charge >= 0.3 is 0 Å². The monoisotopic (exact) mass is 366 g/mol. The molecule has 0 N–H and O–H groups in total. The summed E-state index contributed by atoms with van der Waals surface area (Å²) in [5.74, 6) is 0.964. The maximum Gasteiger partial charge on any atom is 0.195 e. The van der Waals surface area contributed by atoms with Crippen LogP contribution in [0.15, 0.2) is 29.3 Å². The summed E-state index contributed by atoms with van der Waals surface area (Å²) in [5.41, 5.74) is 1.10. The molecule has 1 aromatic rings. The lowest BCUT2D eigenvalue weighted by Crippen LogP contribution is -2.50. The van der Waals surface area contributed by atoms with Crippen LogP contribution in [0.5, 0.6) is 0 Å². The van der Waals surface area contributed by atoms with E-state index in [9.17, 15) is 0 Å². The number of halogens is 1. The van der Waals surface area contributed by atoms with Crippen LogP contribution in [-0.4, -0.2) is 80.7 Å². The summed E-state index contributed by atoms with van der Waals surface area (Å²) in [4.78, 5) is 11.5. The van der Waals surface area contributed by atoms with Crippen molar-refractivity contribution in [3.8, 4) is 0 Å². The van der Waals surface area contributed by atoms with E-state index in [4.69, 9.17) is 21.3 Å². The second-order valence-corrected chi connectivity index (χ2v) is 8.01. The highest BCUT2D eigenvalue weighted by Gasteiger charge is 2.32. The summed E-state index contributed by atoms with van der Waals surface area (Å²) in [6, 6.07) is 8.33. The molecule has 6 heteroatoms. The number of morpholine rings is 1. The van der Waals surface area contributed by atoms with E-state index in [1.54, 1.807) is 0 Å². The minimum absolute atomic E-state index is 0.140. The summed E-state index contributed by atoms with van der Waals surface area (Å²) in [7, 11) is 8.09. The first-order chi connectivity index (χ1) is 11.7. The standard InChI is InChI=1S/C19H31ClN4O/c1-19(2)14-24(11-12-25-19)17(15-7-9-16(20)10-8-15)13-21-18(22(3)4)23(5)6/h7-10,17H,11-14H2,1-6H3. The van der Waals surface area contributed by atoms with Crippen LogP contribution in [0.1, 0.15) is 25.5 Å². The van der Waals surface area contributed by atoms with E-state index in [0.29, 0.717) is 6.54 Å². The van der Waals surface area contributed by atoms with Crippen molar-refractivity contribution in [3.05, 3.63) is 34.9 Å². The number of guanidine groups is 1. The van der Waals surface area contributed by atoms with Crippen molar-refractivity contribution in [2.45, 2.75) is 25.5 Å². The highest BCUT2D eigenvalue weighted by Crippen LogP contribution is 2.28. The van der Waals surface area contributed by atoms with Gasteiger partial charge in [0.15, 0.2) is 5.96 Å². The molecule has 0 amide bonds. The molecule has 0 bridgehead atoms. The quantitative estimate of drug-likeness (QED) is 0.605. The number of ether oxygens (including phenoxy) is 1. The first kappa shape index (κ1) is 20.0. The van der Waals surface area contributed by atoms with Gasteiger partial charge in [-0.1, -0.05) is 23.7 Å². The Morgan fingerprint density at radius 2 is 1.80 bits per heavy atom. The minimum Gasteiger partial charge on any atom is -0.373 e. The third-order valence-corrected chi connectivity index (χ3v) is 4.61. The van der Waals surface area contributed by atoms with Crippen molar-refractivity contribution in [2.75, 3.05) is 54.4 Å². The Bertz CT molecular complexity index is 574. The molecule has 1 atom stereocenters. The molecule has 1 heterocycles. The van der Waals surface area contributed by atoms with Crippen LogP contribution in [0.2, 0.25) is 5.02 Å². The lowest BCUT2D eigenvalue weighted by molar-refractivity contribution is -0.0967. The van der Waals surface area contributed by atoms with E-state index in [2.05, 4.69) is 30.9 Å². The number of aliphatic imine (C=N–C) groups is 1. The van der Waals surface area contributed by atoms with Gasteiger partial charge in [-0.2, -0.15) is 0 Å². The summed E-state index contributed by atoms with van der Waals surface area (Å²) in [5, 5.41) is 0.760. The zero-order valence-corrected chi connectivity index (χ0v) is 17.0. The third-order valence-electron chi connectivity index (χ3n) is 4.36. The van der Waals surface area contributed by atoms with E-state index in [1.165, 1.54) is 5.56 Å². The maximum atomic E-state index is 6.08. The first-order valence-electron chi connectivity index (χ1n) is 8.72. The largest absolute Gasteiger partial charge is 0.373 e. The van der Waals surface area contributed by atoms with Crippen LogP contribution in [-0.2, 0) is 4.74 Å². The van der Waals surface area contributed by atoms with Gasteiger partial charge in [-0.25, -0.2) is 0 Å². The van der Waals surface area contributed by atoms with Crippen LogP contribution < -0.4 is 0 Å². The Morgan fingerprint density at radius 1 is 1.20 bits per heavy atom. The Balaban J connectivity index is 2.29. The molecule has 1 unspecified atom stereocenters. The van der Waals surface area contributed by atoms with Crippen molar-refractivity contribution in [3.63, 3.8) is 0 Å². The molecule has 1 fully saturated rings. The van der Waals surface area contributed by atoms with Crippen LogP contribution >= 0.6 is 11.6 Å². The van der Waals surface area contributed by atoms with Crippen molar-refractivity contribution >= 4 is 17.6 Å². The number of nitrogens with zero attached hydrogens (tertiary/aromatic N) is 4. The molecular weight excluding hydrogens is 336 g/mol. The van der Waals surface area contributed by atoms with Crippen molar-refractivity contribution in [2.24, 2.45) is 4.99 Å². The molecule has 0 radical (unpaired) electrons. The van der Waals surface area contributed by atoms with E-state index in [0.717, 1.165) is 30.7 Å². The van der Waals surface area contributed by atoms with E-state index in [-0.39, 0.29) is 11.6 Å². The fraction of sp³-hybridized carbons (Fsp3) is 0.632. The van der Waals surface area contributed by atoms with Crippen molar-refractivity contribution in [1.82, 2.24) is 14.7 Å². The van der Waals surface area contributed by atoms with Gasteiger partial charge in [-0.3, -0.25) is 9.89 Å². The molecule has 1 saturated heterocycles. The summed E-state index contributed by atoms with van der Waals surface area (Å²) in [6.07, 6.45) is 0. The van der Waals surface area contributed by atoms with Gasteiger partial charge in [0.1, 0.15) is 0 Å². The van der Waals surface area contributed by atoms with Crippen LogP contribution in [0.3, 0.4) is 0 Å². The lowest BCUT2D eigenvalue weighted by atomic mass is 10.0. The van der Waals surface area contributed by atoms with Crippen LogP contribution in [0, 0.1) is 0 Å². The topological polar surface area (TPSA) is 31.3 Å². The van der Waals surface area contributed by atoms with Gasteiger partial charge in [-0.05, 0) is 31.5 Å². The highest BCUT2D eigenvalue weighted by atomic mass is 35.5. The van der Waals surface area contributed by atoms with E-state index < -0.39 is 0 Å². The van der Waals surface area contributed by atoms with Gasteiger partial charge in [0.05, 0.1) is 24.8 Å². The van der Waals surface area contributed by atoms with Gasteiger partial charge in [0.2, 0.25) is 0 Å². The summed E-state index contributed by atoms with van der Waals surface area (Å²) >= 11 is 6.08. The number of hydrogen-bond acceptors (Lipinski definition) is 3. The van der Waals surface area contributed by atoms with Gasteiger partial charge in [0, 0.05) is 46.3 Å². The number of benzene rings is 1. The molecule has 1 aromatic carbocycles. The van der Waals surface area contributed by atoms with Gasteiger partial charge < -0.3 is 14.5 Å². The molecule has 0 saturated carbocycles. The zero-order chi connectivity index (χ0) is 18.6. The lowest BCUT2D eigenvalue weighted by Gasteiger charge is -2.42. The third kappa shape index (κ3) is 5.59. The molecule has 25 heavy (non-hydrogen) atoms. The zero-order valence-electron chi connectivity index (χ0n) is 16.3. The Kier molecular flexibility index (Phi) is 6.72. The van der Waals surface area contributed by atoms with Crippen LogP contribution in [0.25, 0.3) is 0 Å². The highest BCUT2D eigenvalue weighted by molar-refractivity contribution is 6.30. The molecule has 0 aromatic heterocycles.